The van der Waals surface area contributed by atoms with Crippen LogP contribution in [0.4, 0.5) is 17.8 Å². The van der Waals surface area contributed by atoms with Gasteiger partial charge in [0.1, 0.15) is 0 Å². The Morgan fingerprint density at radius 2 is 1.27 bits per heavy atom. The molecule has 0 atom stereocenters. The molecule has 24 heteroatoms. The zero-order chi connectivity index (χ0) is 42.4. The number of nitrogen functional groups attached to an aromatic ring is 2. The van der Waals surface area contributed by atoms with Crippen LogP contribution in [0.2, 0.25) is 0 Å². The highest BCUT2D eigenvalue weighted by Crippen LogP contribution is 2.19. The van der Waals surface area contributed by atoms with Gasteiger partial charge in [0.05, 0.1) is 32.8 Å². The minimum Gasteiger partial charge on any atom is -0.481 e. The third-order valence-electron chi connectivity index (χ3n) is 7.40. The lowest BCUT2D eigenvalue weighted by atomic mass is 10.2. The molecular weight excluding hydrogens is 787 g/mol. The summed E-state index contributed by atoms with van der Waals surface area (Å²) in [7, 11) is -0.379. The lowest BCUT2D eigenvalue weighted by Gasteiger charge is -2.06. The van der Waals surface area contributed by atoms with Crippen molar-refractivity contribution in [3.05, 3.63) is 84.6 Å². The molecule has 0 aliphatic heterocycles. The number of methoxy groups -OCH3 is 2. The third-order valence-corrected chi connectivity index (χ3v) is 8.25. The smallest absolute Gasteiger partial charge is 0.259 e. The summed E-state index contributed by atoms with van der Waals surface area (Å²) in [5, 5.41) is 18.4. The third kappa shape index (κ3) is 11.4. The van der Waals surface area contributed by atoms with Crippen LogP contribution in [0.1, 0.15) is 18.1 Å². The van der Waals surface area contributed by atoms with Crippen molar-refractivity contribution in [2.45, 2.75) is 24.9 Å². The van der Waals surface area contributed by atoms with Gasteiger partial charge in [0.2, 0.25) is 51.1 Å². The zero-order valence-corrected chi connectivity index (χ0v) is 33.0. The molecule has 0 aliphatic carbocycles. The van der Waals surface area contributed by atoms with E-state index in [-0.39, 0.29) is 23.5 Å². The number of fused-ring (bicyclic) bond motifs is 2. The molecule has 0 aromatic carbocycles. The fourth-order valence-electron chi connectivity index (χ4n) is 4.70. The Labute approximate surface area is 336 Å². The van der Waals surface area contributed by atoms with E-state index in [4.69, 9.17) is 40.8 Å². The molecule has 59 heavy (non-hydrogen) atoms. The van der Waals surface area contributed by atoms with Gasteiger partial charge in [-0.3, -0.25) is 0 Å². The second kappa shape index (κ2) is 19.9. The number of sulfone groups is 1. The van der Waals surface area contributed by atoms with Crippen LogP contribution in [-0.4, -0.2) is 101 Å². The quantitative estimate of drug-likeness (QED) is 0.145. The number of nitrogens with one attached hydrogen (secondary N) is 1. The molecule has 0 amide bonds. The molecule has 0 aliphatic rings. The number of anilines is 3. The topological polar surface area (TPSA) is 330 Å². The summed E-state index contributed by atoms with van der Waals surface area (Å²) in [5.74, 6) is 3.68. The predicted octanol–water partition coefficient (Wildman–Crippen LogP) is 2.31. The average molecular weight is 826 g/mol. The standard InChI is InChI=1S/C16H16N8O2.C9H8N6O3S.C8H12N2O.C2H3N/c1-25-12-5-4-10(9-19-12)6-7-18-15-21-14(17)24-16(22-15)20-13(23-24)11-3-2-8-26-11;1-19(16,17)9-12-7(10)15-8(13-9)11-6(14-15)5-3-2-4-18-5;1-11-8-3-2-7(4-5-9)6-10-8;1-2-3/h2-5,8-9H,6-7H2,1H3,(H3,17,18,20,21,22,23);2-4H,1H3,(H2,10,11,12,13,14);2-3,6H,4-5,9H2,1H3;1H3. The molecular formula is C35H39N17O6S. The van der Waals surface area contributed by atoms with E-state index in [9.17, 15) is 8.42 Å². The summed E-state index contributed by atoms with van der Waals surface area (Å²) in [6.45, 7) is 2.71. The van der Waals surface area contributed by atoms with Crippen LogP contribution in [-0.2, 0) is 22.7 Å². The van der Waals surface area contributed by atoms with E-state index in [0.29, 0.717) is 53.9 Å². The normalized spacial score (nSPS) is 10.6. The molecule has 0 saturated carbocycles. The van der Waals surface area contributed by atoms with Crippen molar-refractivity contribution in [2.24, 2.45) is 5.73 Å². The number of hydrogen-bond acceptors (Lipinski definition) is 21. The number of nitrogens with two attached hydrogens (primary N) is 3. The van der Waals surface area contributed by atoms with Crippen molar-refractivity contribution < 1.29 is 26.7 Å². The molecule has 0 unspecified atom stereocenters. The number of nitriles is 1. The maximum atomic E-state index is 11.4. The van der Waals surface area contributed by atoms with Gasteiger partial charge in [-0.05, 0) is 54.8 Å². The molecule has 23 nitrogen and oxygen atoms in total. The van der Waals surface area contributed by atoms with E-state index in [0.717, 1.165) is 34.7 Å². The maximum absolute atomic E-state index is 11.4. The summed E-state index contributed by atoms with van der Waals surface area (Å²) >= 11 is 0. The second-order valence-corrected chi connectivity index (χ2v) is 13.6. The summed E-state index contributed by atoms with van der Waals surface area (Å²) < 4.78 is 45.7. The van der Waals surface area contributed by atoms with E-state index in [1.807, 2.05) is 24.3 Å². The summed E-state index contributed by atoms with van der Waals surface area (Å²) in [6.07, 6.45) is 9.18. The number of nitrogens with zero attached hydrogens (tertiary/aromatic N) is 13. The van der Waals surface area contributed by atoms with Gasteiger partial charge in [-0.25, -0.2) is 18.4 Å². The van der Waals surface area contributed by atoms with Crippen molar-refractivity contribution in [1.82, 2.24) is 59.1 Å². The van der Waals surface area contributed by atoms with Crippen molar-refractivity contribution in [1.29, 1.82) is 5.26 Å². The SMILES string of the molecule is CC#N.COc1ccc(CCN)cn1.COc1ccc(CCNc2nc(N)n3nc(-c4ccco4)nc3n2)cn1.CS(=O)(=O)c1nc(N)n2nc(-c3ccco3)nc2n1. The van der Waals surface area contributed by atoms with Gasteiger partial charge in [-0.15, -0.1) is 10.2 Å². The first-order chi connectivity index (χ1) is 28.5. The molecule has 306 valence electrons. The van der Waals surface area contributed by atoms with Crippen LogP contribution in [0, 0.1) is 11.3 Å². The van der Waals surface area contributed by atoms with Crippen molar-refractivity contribution in [3.8, 4) is 41.0 Å². The monoisotopic (exact) mass is 825 g/mol. The lowest BCUT2D eigenvalue weighted by Crippen LogP contribution is -2.12. The van der Waals surface area contributed by atoms with E-state index in [1.54, 1.807) is 63.2 Å². The van der Waals surface area contributed by atoms with Crippen molar-refractivity contribution in [2.75, 3.05) is 50.3 Å². The minimum atomic E-state index is -3.57. The number of aromatic nitrogens is 12. The number of hydrogen-bond donors (Lipinski definition) is 4. The highest BCUT2D eigenvalue weighted by Gasteiger charge is 2.18. The summed E-state index contributed by atoms with van der Waals surface area (Å²) in [4.78, 5) is 32.6. The van der Waals surface area contributed by atoms with Gasteiger partial charge in [-0.1, -0.05) is 12.1 Å². The molecule has 8 heterocycles. The Morgan fingerprint density at radius 1 is 0.763 bits per heavy atom. The van der Waals surface area contributed by atoms with Gasteiger partial charge in [-0.2, -0.15) is 44.2 Å². The number of rotatable bonds is 11. The van der Waals surface area contributed by atoms with Crippen LogP contribution in [0.5, 0.6) is 11.8 Å². The lowest BCUT2D eigenvalue weighted by molar-refractivity contribution is 0.397. The van der Waals surface area contributed by atoms with E-state index in [2.05, 4.69) is 55.4 Å². The van der Waals surface area contributed by atoms with E-state index >= 15 is 0 Å². The Morgan fingerprint density at radius 3 is 1.71 bits per heavy atom. The predicted molar refractivity (Wildman–Crippen MR) is 212 cm³/mol. The molecule has 0 spiro atoms. The summed E-state index contributed by atoms with van der Waals surface area (Å²) in [5.41, 5.74) is 19.2. The number of pyridine rings is 2. The van der Waals surface area contributed by atoms with Crippen LogP contribution < -0.4 is 32.0 Å². The Bertz CT molecular complexity index is 2700. The van der Waals surface area contributed by atoms with Gasteiger partial charge in [0, 0.05) is 44.3 Å². The van der Waals surface area contributed by atoms with Gasteiger partial charge >= 0.3 is 0 Å². The molecule has 8 aromatic heterocycles. The molecule has 8 rings (SSSR count). The first kappa shape index (κ1) is 42.4. The van der Waals surface area contributed by atoms with Crippen LogP contribution in [0.15, 0.2) is 87.4 Å². The van der Waals surface area contributed by atoms with Crippen molar-refractivity contribution >= 4 is 39.2 Å². The van der Waals surface area contributed by atoms with Gasteiger partial charge in [0.15, 0.2) is 11.5 Å². The summed E-state index contributed by atoms with van der Waals surface area (Å²) in [6, 6.07) is 16.2. The number of ether oxygens (including phenoxy) is 2. The molecule has 8 aromatic rings. The molecule has 0 fully saturated rings. The number of furan rings is 2. The second-order valence-electron chi connectivity index (χ2n) is 11.6. The maximum Gasteiger partial charge on any atom is 0.259 e. The zero-order valence-electron chi connectivity index (χ0n) is 32.2. The first-order valence-corrected chi connectivity index (χ1v) is 19.2. The van der Waals surface area contributed by atoms with Gasteiger partial charge < -0.3 is 40.8 Å². The molecule has 0 saturated heterocycles. The van der Waals surface area contributed by atoms with E-state index in [1.165, 1.54) is 17.7 Å². The van der Waals surface area contributed by atoms with Gasteiger partial charge in [0.25, 0.3) is 16.7 Å². The highest BCUT2D eigenvalue weighted by molar-refractivity contribution is 7.90. The fourth-order valence-corrected chi connectivity index (χ4v) is 5.21. The van der Waals surface area contributed by atoms with Crippen LogP contribution in [0.25, 0.3) is 34.7 Å². The minimum absolute atomic E-state index is 0.0410. The molecule has 7 N–H and O–H groups in total. The van der Waals surface area contributed by atoms with E-state index < -0.39 is 15.0 Å². The first-order valence-electron chi connectivity index (χ1n) is 17.3. The van der Waals surface area contributed by atoms with Crippen molar-refractivity contribution in [3.63, 3.8) is 0 Å². The fraction of sp³-hybridized carbons (Fsp3) is 0.229. The Hall–Kier alpha value is -7.78. The highest BCUT2D eigenvalue weighted by atomic mass is 32.2. The average Bonchev–Trinajstić information content (AvgIpc) is 4.07. The largest absolute Gasteiger partial charge is 0.481 e. The Balaban J connectivity index is 0.000000175. The molecule has 0 bridgehead atoms. The molecule has 0 radical (unpaired) electrons. The Kier molecular flexibility index (Phi) is 14.3. The van der Waals surface area contributed by atoms with Crippen LogP contribution in [0.3, 0.4) is 0 Å². The van der Waals surface area contributed by atoms with Crippen LogP contribution >= 0.6 is 0 Å².